The maximum Gasteiger partial charge on any atom is 0.339 e. The van der Waals surface area contributed by atoms with Gasteiger partial charge in [0.15, 0.2) is 16.4 Å². The van der Waals surface area contributed by atoms with Crippen LogP contribution in [0.1, 0.15) is 42.5 Å². The van der Waals surface area contributed by atoms with Crippen LogP contribution in [0.5, 0.6) is 0 Å². The predicted molar refractivity (Wildman–Crippen MR) is 90.8 cm³/mol. The van der Waals surface area contributed by atoms with Crippen LogP contribution >= 0.6 is 11.3 Å². The highest BCUT2D eigenvalue weighted by atomic mass is 32.2. The zero-order valence-corrected chi connectivity index (χ0v) is 15.0. The van der Waals surface area contributed by atoms with E-state index >= 15 is 0 Å². The summed E-state index contributed by atoms with van der Waals surface area (Å²) >= 11 is 1.39. The second-order valence-corrected chi connectivity index (χ2v) is 9.39. The standard InChI is InChI=1S/C16H21NO5S2/c18-15(9-22-16(19)12-5-7-23-10-12)17(13-3-1-2-4-13)14-6-8-24(20,21)11-14/h5,7,10,13-14H,1-4,6,8-9,11H2/t14-/m0/s1. The number of ether oxygens (including phenoxy) is 1. The lowest BCUT2D eigenvalue weighted by Gasteiger charge is -2.33. The Morgan fingerprint density at radius 1 is 1.21 bits per heavy atom. The number of thiophene rings is 1. The van der Waals surface area contributed by atoms with Gasteiger partial charge in [-0.1, -0.05) is 12.8 Å². The molecule has 1 aromatic heterocycles. The highest BCUT2D eigenvalue weighted by molar-refractivity contribution is 7.91. The first-order valence-electron chi connectivity index (χ1n) is 8.17. The van der Waals surface area contributed by atoms with E-state index in [1.807, 2.05) is 0 Å². The van der Waals surface area contributed by atoms with Gasteiger partial charge in [-0.3, -0.25) is 4.79 Å². The summed E-state index contributed by atoms with van der Waals surface area (Å²) in [6, 6.07) is 1.43. The largest absolute Gasteiger partial charge is 0.452 e. The third-order valence-electron chi connectivity index (χ3n) is 4.69. The van der Waals surface area contributed by atoms with Gasteiger partial charge in [0.05, 0.1) is 17.1 Å². The van der Waals surface area contributed by atoms with Gasteiger partial charge < -0.3 is 9.64 Å². The number of nitrogens with zero attached hydrogens (tertiary/aromatic N) is 1. The monoisotopic (exact) mass is 371 g/mol. The molecule has 3 rings (SSSR count). The second kappa shape index (κ2) is 7.23. The van der Waals surface area contributed by atoms with Gasteiger partial charge in [0.2, 0.25) is 0 Å². The molecule has 2 aliphatic rings. The molecule has 24 heavy (non-hydrogen) atoms. The van der Waals surface area contributed by atoms with E-state index in [2.05, 4.69) is 0 Å². The molecular weight excluding hydrogens is 350 g/mol. The van der Waals surface area contributed by atoms with Crippen molar-refractivity contribution in [2.24, 2.45) is 0 Å². The van der Waals surface area contributed by atoms with Gasteiger partial charge in [-0.2, -0.15) is 11.3 Å². The zero-order valence-electron chi connectivity index (χ0n) is 13.3. The lowest BCUT2D eigenvalue weighted by molar-refractivity contribution is -0.139. The summed E-state index contributed by atoms with van der Waals surface area (Å²) in [5.41, 5.74) is 0.434. The van der Waals surface area contributed by atoms with E-state index < -0.39 is 15.8 Å². The highest BCUT2D eigenvalue weighted by Gasteiger charge is 2.39. The van der Waals surface area contributed by atoms with Crippen LogP contribution in [0.4, 0.5) is 0 Å². The van der Waals surface area contributed by atoms with Crippen LogP contribution in [-0.2, 0) is 19.4 Å². The number of hydrogen-bond donors (Lipinski definition) is 0. The molecule has 1 amide bonds. The lowest BCUT2D eigenvalue weighted by Crippen LogP contribution is -2.48. The average Bonchev–Trinajstić information content (AvgIpc) is 3.26. The van der Waals surface area contributed by atoms with Gasteiger partial charge in [0.1, 0.15) is 0 Å². The Hall–Kier alpha value is -1.41. The summed E-state index contributed by atoms with van der Waals surface area (Å²) < 4.78 is 28.7. The van der Waals surface area contributed by atoms with E-state index in [9.17, 15) is 18.0 Å². The van der Waals surface area contributed by atoms with Crippen LogP contribution in [0.15, 0.2) is 16.8 Å². The molecule has 1 saturated heterocycles. The van der Waals surface area contributed by atoms with Gasteiger partial charge >= 0.3 is 5.97 Å². The molecule has 1 aromatic rings. The van der Waals surface area contributed by atoms with Crippen molar-refractivity contribution in [1.29, 1.82) is 0 Å². The Morgan fingerprint density at radius 3 is 2.54 bits per heavy atom. The molecule has 1 aliphatic carbocycles. The molecule has 8 heteroatoms. The van der Waals surface area contributed by atoms with Crippen molar-refractivity contribution >= 4 is 33.1 Å². The summed E-state index contributed by atoms with van der Waals surface area (Å²) in [4.78, 5) is 26.2. The molecule has 132 valence electrons. The first-order chi connectivity index (χ1) is 11.5. The molecule has 0 N–H and O–H groups in total. The summed E-state index contributed by atoms with van der Waals surface area (Å²) in [5.74, 6) is -0.654. The number of amides is 1. The zero-order chi connectivity index (χ0) is 17.2. The van der Waals surface area contributed by atoms with Crippen LogP contribution in [0.2, 0.25) is 0 Å². The molecule has 1 saturated carbocycles. The van der Waals surface area contributed by atoms with Crippen molar-refractivity contribution in [3.8, 4) is 0 Å². The van der Waals surface area contributed by atoms with Gasteiger partial charge in [-0.25, -0.2) is 13.2 Å². The highest BCUT2D eigenvalue weighted by Crippen LogP contribution is 2.29. The van der Waals surface area contributed by atoms with E-state index in [0.717, 1.165) is 25.7 Å². The van der Waals surface area contributed by atoms with Crippen LogP contribution in [0, 0.1) is 0 Å². The van der Waals surface area contributed by atoms with Crippen molar-refractivity contribution in [1.82, 2.24) is 4.90 Å². The molecule has 2 fully saturated rings. The first kappa shape index (κ1) is 17.4. The van der Waals surface area contributed by atoms with Gasteiger partial charge in [-0.05, 0) is 30.7 Å². The summed E-state index contributed by atoms with van der Waals surface area (Å²) in [6.07, 6.45) is 4.34. The number of sulfone groups is 1. The minimum Gasteiger partial charge on any atom is -0.452 e. The van der Waals surface area contributed by atoms with E-state index in [0.29, 0.717) is 12.0 Å². The fraction of sp³-hybridized carbons (Fsp3) is 0.625. The maximum atomic E-state index is 12.7. The Bertz CT molecular complexity index is 692. The number of carbonyl (C=O) groups is 2. The van der Waals surface area contributed by atoms with Crippen molar-refractivity contribution in [2.45, 2.75) is 44.2 Å². The molecule has 0 aromatic carbocycles. The van der Waals surface area contributed by atoms with Crippen molar-refractivity contribution in [3.63, 3.8) is 0 Å². The van der Waals surface area contributed by atoms with E-state index in [1.165, 1.54) is 11.3 Å². The third kappa shape index (κ3) is 3.97. The summed E-state index contributed by atoms with van der Waals surface area (Å²) in [5, 5.41) is 3.44. The number of esters is 1. The summed E-state index contributed by atoms with van der Waals surface area (Å²) in [6.45, 7) is -0.332. The fourth-order valence-electron chi connectivity index (χ4n) is 3.55. The predicted octanol–water partition coefficient (Wildman–Crippen LogP) is 1.86. The molecule has 0 unspecified atom stereocenters. The van der Waals surface area contributed by atoms with Crippen molar-refractivity contribution in [3.05, 3.63) is 22.4 Å². The molecular formula is C16H21NO5S2. The van der Waals surface area contributed by atoms with E-state index in [4.69, 9.17) is 4.74 Å². The fourth-order valence-corrected chi connectivity index (χ4v) is 5.88. The SMILES string of the molecule is O=C(OCC(=O)N(C1CCCC1)[C@H]1CCS(=O)(=O)C1)c1ccsc1. The Labute approximate surface area is 145 Å². The third-order valence-corrected chi connectivity index (χ3v) is 7.13. The summed E-state index contributed by atoms with van der Waals surface area (Å²) in [7, 11) is -3.07. The number of carbonyl (C=O) groups excluding carboxylic acids is 2. The van der Waals surface area contributed by atoms with E-state index in [1.54, 1.807) is 21.7 Å². The number of hydrogen-bond acceptors (Lipinski definition) is 6. The Balaban J connectivity index is 1.66. The Morgan fingerprint density at radius 2 is 1.96 bits per heavy atom. The molecule has 2 heterocycles. The van der Waals surface area contributed by atoms with Crippen LogP contribution in [0.3, 0.4) is 0 Å². The lowest BCUT2D eigenvalue weighted by atomic mass is 10.1. The molecule has 0 radical (unpaired) electrons. The smallest absolute Gasteiger partial charge is 0.339 e. The van der Waals surface area contributed by atoms with Crippen LogP contribution in [0.25, 0.3) is 0 Å². The molecule has 0 bridgehead atoms. The minimum atomic E-state index is -3.07. The molecule has 0 spiro atoms. The normalized spacial score (nSPS) is 23.2. The maximum absolute atomic E-state index is 12.7. The van der Waals surface area contributed by atoms with Crippen molar-refractivity contribution < 1.29 is 22.7 Å². The van der Waals surface area contributed by atoms with Gasteiger partial charge in [0.25, 0.3) is 5.91 Å². The molecule has 6 nitrogen and oxygen atoms in total. The average molecular weight is 371 g/mol. The van der Waals surface area contributed by atoms with Gasteiger partial charge in [0, 0.05) is 17.5 Å². The second-order valence-electron chi connectivity index (χ2n) is 6.38. The van der Waals surface area contributed by atoms with Crippen LogP contribution in [-0.4, -0.2) is 55.4 Å². The number of rotatable bonds is 5. The van der Waals surface area contributed by atoms with Crippen LogP contribution < -0.4 is 0 Å². The van der Waals surface area contributed by atoms with Crippen molar-refractivity contribution in [2.75, 3.05) is 18.1 Å². The Kier molecular flexibility index (Phi) is 5.24. The molecule has 1 aliphatic heterocycles. The first-order valence-corrected chi connectivity index (χ1v) is 10.9. The topological polar surface area (TPSA) is 80.8 Å². The van der Waals surface area contributed by atoms with Gasteiger partial charge in [-0.15, -0.1) is 0 Å². The van der Waals surface area contributed by atoms with E-state index in [-0.39, 0.29) is 36.1 Å². The molecule has 1 atom stereocenters. The quantitative estimate of drug-likeness (QED) is 0.738. The minimum absolute atomic E-state index is 0.0215.